The molecule has 69 valence electrons. The monoisotopic (exact) mass is 178 g/mol. The molecule has 0 fully saturated rings. The van der Waals surface area contributed by atoms with Gasteiger partial charge < -0.3 is 9.64 Å². The minimum Gasteiger partial charge on any atom is -0.497 e. The van der Waals surface area contributed by atoms with Gasteiger partial charge in [0, 0.05) is 12.2 Å². The van der Waals surface area contributed by atoms with Crippen LogP contribution in [-0.2, 0) is 4.79 Å². The van der Waals surface area contributed by atoms with Gasteiger partial charge >= 0.3 is 0 Å². The van der Waals surface area contributed by atoms with Crippen molar-refractivity contribution in [1.29, 1.82) is 0 Å². The molecule has 0 aromatic heterocycles. The van der Waals surface area contributed by atoms with Crippen molar-refractivity contribution < 1.29 is 9.53 Å². The van der Waals surface area contributed by atoms with Gasteiger partial charge in [-0.25, -0.2) is 0 Å². The molecule has 1 aromatic carbocycles. The third-order valence-electron chi connectivity index (χ3n) is 1.77. The summed E-state index contributed by atoms with van der Waals surface area (Å²) in [6.45, 7) is 4.07. The zero-order valence-corrected chi connectivity index (χ0v) is 7.56. The molecule has 0 saturated carbocycles. The number of carbonyl (C=O) groups excluding carboxylic acids is 1. The van der Waals surface area contributed by atoms with E-state index in [0.29, 0.717) is 6.54 Å². The highest BCUT2D eigenvalue weighted by atomic mass is 16.5. The molecule has 0 aliphatic carbocycles. The minimum absolute atomic E-state index is 0.426. The molecule has 1 rings (SSSR count). The van der Waals surface area contributed by atoms with Crippen LogP contribution in [0.5, 0.6) is 5.75 Å². The predicted octanol–water partition coefficient (Wildman–Crippen LogP) is 1.49. The molecule has 1 aromatic rings. The Morgan fingerprint density at radius 3 is 2.46 bits per heavy atom. The molecule has 0 unspecified atom stereocenters. The van der Waals surface area contributed by atoms with E-state index in [0.717, 1.165) is 17.8 Å². The topological polar surface area (TPSA) is 29.5 Å². The Hall–Kier alpha value is -1.51. The summed E-state index contributed by atoms with van der Waals surface area (Å²) in [6, 6.07) is 7.25. The van der Waals surface area contributed by atoms with Gasteiger partial charge in [0.25, 0.3) is 0 Å². The minimum atomic E-state index is 0.426. The van der Waals surface area contributed by atoms with Crippen molar-refractivity contribution in [2.45, 2.75) is 0 Å². The summed E-state index contributed by atoms with van der Waals surface area (Å²) < 4.78 is 4.99. The number of benzene rings is 1. The van der Waals surface area contributed by atoms with Crippen LogP contribution in [0.3, 0.4) is 0 Å². The Kier molecular flexibility index (Phi) is 3.31. The number of ether oxygens (including phenoxy) is 1. The van der Waals surface area contributed by atoms with E-state index < -0.39 is 0 Å². The molecule has 0 heterocycles. The number of hydrogen-bond donors (Lipinski definition) is 0. The first-order valence-corrected chi connectivity index (χ1v) is 3.97. The summed E-state index contributed by atoms with van der Waals surface area (Å²) in [5.74, 6) is 0.777. The van der Waals surface area contributed by atoms with Crippen molar-refractivity contribution in [2.24, 2.45) is 0 Å². The quantitative estimate of drug-likeness (QED) is 0.654. The molecule has 3 nitrogen and oxygen atoms in total. The highest BCUT2D eigenvalue weighted by Crippen LogP contribution is 2.17. The zero-order chi connectivity index (χ0) is 9.68. The molecule has 3 heteroatoms. The van der Waals surface area contributed by atoms with Gasteiger partial charge in [-0.2, -0.15) is 0 Å². The molecule has 0 N–H and O–H groups in total. The molecule has 0 aliphatic heterocycles. The van der Waals surface area contributed by atoms with Crippen LogP contribution in [-0.4, -0.2) is 20.1 Å². The molecule has 1 radical (unpaired) electrons. The van der Waals surface area contributed by atoms with Crippen molar-refractivity contribution in [1.82, 2.24) is 0 Å². The van der Waals surface area contributed by atoms with Gasteiger partial charge in [-0.05, 0) is 31.2 Å². The highest BCUT2D eigenvalue weighted by molar-refractivity contribution is 5.75. The average Bonchev–Trinajstić information content (AvgIpc) is 2.21. The maximum atomic E-state index is 10.5. The Morgan fingerprint density at radius 1 is 1.46 bits per heavy atom. The molecule has 0 spiro atoms. The van der Waals surface area contributed by atoms with Crippen LogP contribution in [0.1, 0.15) is 0 Å². The van der Waals surface area contributed by atoms with Crippen LogP contribution < -0.4 is 9.64 Å². The number of rotatable bonds is 4. The van der Waals surface area contributed by atoms with Crippen molar-refractivity contribution in [3.8, 4) is 5.75 Å². The Balaban J connectivity index is 2.83. The van der Waals surface area contributed by atoms with Crippen LogP contribution in [0.15, 0.2) is 24.3 Å². The summed E-state index contributed by atoms with van der Waals surface area (Å²) in [6.07, 6.45) is 0.759. The molecular weight excluding hydrogens is 166 g/mol. The molecule has 0 aliphatic rings. The third kappa shape index (κ3) is 2.21. The Morgan fingerprint density at radius 2 is 2.08 bits per heavy atom. The van der Waals surface area contributed by atoms with Crippen molar-refractivity contribution in [2.75, 3.05) is 18.6 Å². The molecular formula is C10H12NO2. The van der Waals surface area contributed by atoms with Crippen LogP contribution >= 0.6 is 0 Å². The fourth-order valence-electron chi connectivity index (χ4n) is 1.02. The van der Waals surface area contributed by atoms with E-state index in [4.69, 9.17) is 4.74 Å². The van der Waals surface area contributed by atoms with Crippen LogP contribution in [0.25, 0.3) is 0 Å². The largest absolute Gasteiger partial charge is 0.497 e. The normalized spacial score (nSPS) is 9.38. The molecule has 1 amide bonds. The second kappa shape index (κ2) is 4.50. The predicted molar refractivity (Wildman–Crippen MR) is 51.8 cm³/mol. The number of anilines is 1. The zero-order valence-electron chi connectivity index (χ0n) is 7.56. The van der Waals surface area contributed by atoms with Crippen molar-refractivity contribution >= 4 is 12.1 Å². The third-order valence-corrected chi connectivity index (χ3v) is 1.77. The van der Waals surface area contributed by atoms with E-state index >= 15 is 0 Å². The number of amides is 1. The van der Waals surface area contributed by atoms with E-state index in [-0.39, 0.29) is 0 Å². The Bertz CT molecular complexity index is 269. The SMILES string of the molecule is [CH2]CN(C=O)c1ccc(OC)cc1. The first-order chi connectivity index (χ1) is 6.31. The number of carbonyl (C=O) groups is 1. The maximum Gasteiger partial charge on any atom is 0.214 e. The number of hydrogen-bond acceptors (Lipinski definition) is 2. The van der Waals surface area contributed by atoms with Crippen molar-refractivity contribution in [3.63, 3.8) is 0 Å². The first-order valence-electron chi connectivity index (χ1n) is 3.97. The van der Waals surface area contributed by atoms with E-state index in [9.17, 15) is 4.79 Å². The first kappa shape index (κ1) is 9.58. The lowest BCUT2D eigenvalue weighted by atomic mass is 10.3. The van der Waals surface area contributed by atoms with Gasteiger partial charge in [-0.1, -0.05) is 0 Å². The van der Waals surface area contributed by atoms with Crippen molar-refractivity contribution in [3.05, 3.63) is 31.2 Å². The lowest BCUT2D eigenvalue weighted by Gasteiger charge is -2.14. The van der Waals surface area contributed by atoms with Gasteiger partial charge in [0.05, 0.1) is 7.11 Å². The summed E-state index contributed by atoms with van der Waals surface area (Å²) in [5.41, 5.74) is 0.825. The Labute approximate surface area is 77.9 Å². The molecule has 0 atom stereocenters. The van der Waals surface area contributed by atoms with E-state index in [1.54, 1.807) is 7.11 Å². The molecule has 13 heavy (non-hydrogen) atoms. The highest BCUT2D eigenvalue weighted by Gasteiger charge is 2.01. The summed E-state index contributed by atoms with van der Waals surface area (Å²) in [7, 11) is 1.61. The second-order valence-electron chi connectivity index (χ2n) is 2.50. The second-order valence-corrected chi connectivity index (χ2v) is 2.50. The van der Waals surface area contributed by atoms with Gasteiger partial charge in [0.2, 0.25) is 6.41 Å². The summed E-state index contributed by atoms with van der Waals surface area (Å²) in [4.78, 5) is 12.1. The fourth-order valence-corrected chi connectivity index (χ4v) is 1.02. The van der Waals surface area contributed by atoms with E-state index in [1.807, 2.05) is 24.3 Å². The molecule has 0 saturated heterocycles. The molecule has 0 bridgehead atoms. The lowest BCUT2D eigenvalue weighted by molar-refractivity contribution is -0.107. The van der Waals surface area contributed by atoms with Gasteiger partial charge in [-0.15, -0.1) is 0 Å². The number of methoxy groups -OCH3 is 1. The van der Waals surface area contributed by atoms with Gasteiger partial charge in [0.1, 0.15) is 5.75 Å². The number of nitrogens with zero attached hydrogens (tertiary/aromatic N) is 1. The van der Waals surface area contributed by atoms with Crippen LogP contribution in [0, 0.1) is 6.92 Å². The fraction of sp³-hybridized carbons (Fsp3) is 0.200. The van der Waals surface area contributed by atoms with Crippen LogP contribution in [0.2, 0.25) is 0 Å². The average molecular weight is 178 g/mol. The summed E-state index contributed by atoms with van der Waals surface area (Å²) in [5, 5.41) is 0. The summed E-state index contributed by atoms with van der Waals surface area (Å²) >= 11 is 0. The smallest absolute Gasteiger partial charge is 0.214 e. The maximum absolute atomic E-state index is 10.5. The van der Waals surface area contributed by atoms with E-state index in [2.05, 4.69) is 6.92 Å². The van der Waals surface area contributed by atoms with Crippen LogP contribution in [0.4, 0.5) is 5.69 Å². The standard InChI is InChI=1S/C10H12NO2/c1-3-11(8-12)9-4-6-10(13-2)7-5-9/h4-8H,1,3H2,2H3. The van der Waals surface area contributed by atoms with E-state index in [1.165, 1.54) is 4.90 Å². The lowest BCUT2D eigenvalue weighted by Crippen LogP contribution is -2.19. The van der Waals surface area contributed by atoms with Gasteiger partial charge in [0.15, 0.2) is 0 Å². The van der Waals surface area contributed by atoms with Gasteiger partial charge in [-0.3, -0.25) is 4.79 Å².